The van der Waals surface area contributed by atoms with Gasteiger partial charge in [0.05, 0.1) is 20.6 Å². The van der Waals surface area contributed by atoms with Gasteiger partial charge in [0, 0.05) is 6.04 Å². The summed E-state index contributed by atoms with van der Waals surface area (Å²) in [5.74, 6) is 0.754. The standard InChI is InChI=1S/C11H13BrF3NO2/c1-17-8-3-6(4-9(18-2)10(8)12)7(16)5-11(13,14)15/h3-4,7H,5,16H2,1-2H3/t7-/m0/s1. The maximum absolute atomic E-state index is 12.3. The molecule has 0 unspecified atom stereocenters. The molecule has 0 bridgehead atoms. The number of halogens is 4. The normalized spacial score (nSPS) is 13.3. The molecule has 0 aliphatic heterocycles. The Morgan fingerprint density at radius 2 is 1.67 bits per heavy atom. The molecule has 2 N–H and O–H groups in total. The van der Waals surface area contributed by atoms with Gasteiger partial charge in [0.2, 0.25) is 0 Å². The van der Waals surface area contributed by atoms with Gasteiger partial charge in [-0.25, -0.2) is 0 Å². The predicted octanol–water partition coefficient (Wildman–Crippen LogP) is 3.42. The van der Waals surface area contributed by atoms with E-state index in [2.05, 4.69) is 15.9 Å². The van der Waals surface area contributed by atoms with Crippen LogP contribution in [0.1, 0.15) is 18.0 Å². The van der Waals surface area contributed by atoms with Crippen molar-refractivity contribution in [1.29, 1.82) is 0 Å². The Hall–Kier alpha value is -0.950. The van der Waals surface area contributed by atoms with E-state index in [1.807, 2.05) is 0 Å². The molecule has 0 radical (unpaired) electrons. The van der Waals surface area contributed by atoms with E-state index in [9.17, 15) is 13.2 Å². The van der Waals surface area contributed by atoms with Crippen LogP contribution < -0.4 is 15.2 Å². The molecule has 3 nitrogen and oxygen atoms in total. The van der Waals surface area contributed by atoms with Crippen molar-refractivity contribution in [2.75, 3.05) is 14.2 Å². The highest BCUT2D eigenvalue weighted by molar-refractivity contribution is 9.10. The van der Waals surface area contributed by atoms with Crippen LogP contribution in [0, 0.1) is 0 Å². The number of benzene rings is 1. The first-order chi connectivity index (χ1) is 8.28. The molecule has 7 heteroatoms. The van der Waals surface area contributed by atoms with Gasteiger partial charge >= 0.3 is 6.18 Å². The lowest BCUT2D eigenvalue weighted by Crippen LogP contribution is -2.20. The van der Waals surface area contributed by atoms with E-state index < -0.39 is 18.6 Å². The molecule has 0 saturated carbocycles. The van der Waals surface area contributed by atoms with Gasteiger partial charge in [-0.2, -0.15) is 13.2 Å². The Kier molecular flexibility index (Phi) is 4.86. The van der Waals surface area contributed by atoms with Crippen LogP contribution in [-0.2, 0) is 0 Å². The van der Waals surface area contributed by atoms with Crippen molar-refractivity contribution >= 4 is 15.9 Å². The van der Waals surface area contributed by atoms with Crippen LogP contribution in [0.5, 0.6) is 11.5 Å². The highest BCUT2D eigenvalue weighted by Gasteiger charge is 2.31. The van der Waals surface area contributed by atoms with Gasteiger partial charge in [-0.3, -0.25) is 0 Å². The second-order valence-electron chi connectivity index (χ2n) is 3.67. The summed E-state index contributed by atoms with van der Waals surface area (Å²) in [6.45, 7) is 0. The zero-order valence-electron chi connectivity index (χ0n) is 9.84. The predicted molar refractivity (Wildman–Crippen MR) is 64.8 cm³/mol. The third kappa shape index (κ3) is 3.78. The van der Waals surface area contributed by atoms with E-state index in [1.165, 1.54) is 26.4 Å². The van der Waals surface area contributed by atoms with Gasteiger partial charge in [-0.05, 0) is 33.6 Å². The average molecular weight is 328 g/mol. The van der Waals surface area contributed by atoms with Crippen LogP contribution in [0.25, 0.3) is 0 Å². The molecule has 102 valence electrons. The van der Waals surface area contributed by atoms with Crippen molar-refractivity contribution < 1.29 is 22.6 Å². The molecule has 1 atom stereocenters. The maximum Gasteiger partial charge on any atom is 0.390 e. The largest absolute Gasteiger partial charge is 0.495 e. The Bertz CT molecular complexity index is 398. The summed E-state index contributed by atoms with van der Waals surface area (Å²) in [5, 5.41) is 0. The van der Waals surface area contributed by atoms with E-state index in [0.717, 1.165) is 0 Å². The molecule has 0 fully saturated rings. The highest BCUT2D eigenvalue weighted by Crippen LogP contribution is 2.38. The topological polar surface area (TPSA) is 44.5 Å². The SMILES string of the molecule is COc1cc([C@@H](N)CC(F)(F)F)cc(OC)c1Br. The first kappa shape index (κ1) is 15.1. The molecule has 0 heterocycles. The first-order valence-corrected chi connectivity index (χ1v) is 5.81. The number of hydrogen-bond donors (Lipinski definition) is 1. The summed E-state index contributed by atoms with van der Waals surface area (Å²) in [4.78, 5) is 0. The fraction of sp³-hybridized carbons (Fsp3) is 0.455. The van der Waals surface area contributed by atoms with E-state index in [0.29, 0.717) is 21.5 Å². The lowest BCUT2D eigenvalue weighted by atomic mass is 10.0. The van der Waals surface area contributed by atoms with Crippen LogP contribution in [0.3, 0.4) is 0 Å². The molecular weight excluding hydrogens is 315 g/mol. The van der Waals surface area contributed by atoms with Gasteiger partial charge in [-0.1, -0.05) is 0 Å². The summed E-state index contributed by atoms with van der Waals surface area (Å²) in [5.41, 5.74) is 5.84. The van der Waals surface area contributed by atoms with E-state index >= 15 is 0 Å². The summed E-state index contributed by atoms with van der Waals surface area (Å²) in [6.07, 6.45) is -5.41. The van der Waals surface area contributed by atoms with Crippen molar-refractivity contribution in [3.05, 3.63) is 22.2 Å². The van der Waals surface area contributed by atoms with Crippen molar-refractivity contribution in [2.24, 2.45) is 5.73 Å². The average Bonchev–Trinajstić information content (AvgIpc) is 2.27. The fourth-order valence-corrected chi connectivity index (χ4v) is 2.02. The smallest absolute Gasteiger partial charge is 0.390 e. The van der Waals surface area contributed by atoms with Crippen molar-refractivity contribution in [3.63, 3.8) is 0 Å². The van der Waals surface area contributed by atoms with Crippen molar-refractivity contribution in [3.8, 4) is 11.5 Å². The van der Waals surface area contributed by atoms with Crippen molar-refractivity contribution in [2.45, 2.75) is 18.6 Å². The molecule has 0 aliphatic rings. The monoisotopic (exact) mass is 327 g/mol. The molecule has 18 heavy (non-hydrogen) atoms. The van der Waals surface area contributed by atoms with Crippen LogP contribution in [0.2, 0.25) is 0 Å². The highest BCUT2D eigenvalue weighted by atomic mass is 79.9. The van der Waals surface area contributed by atoms with E-state index in [1.54, 1.807) is 0 Å². The zero-order valence-corrected chi connectivity index (χ0v) is 11.4. The lowest BCUT2D eigenvalue weighted by molar-refractivity contribution is -0.138. The fourth-order valence-electron chi connectivity index (χ4n) is 1.47. The second-order valence-corrected chi connectivity index (χ2v) is 4.46. The third-order valence-electron chi connectivity index (χ3n) is 2.35. The minimum Gasteiger partial charge on any atom is -0.495 e. The van der Waals surface area contributed by atoms with Gasteiger partial charge in [-0.15, -0.1) is 0 Å². The number of ether oxygens (including phenoxy) is 2. The lowest BCUT2D eigenvalue weighted by Gasteiger charge is -2.17. The quantitative estimate of drug-likeness (QED) is 0.921. The summed E-state index contributed by atoms with van der Waals surface area (Å²) >= 11 is 3.23. The third-order valence-corrected chi connectivity index (χ3v) is 3.13. The van der Waals surface area contributed by atoms with Crippen molar-refractivity contribution in [1.82, 2.24) is 0 Å². The summed E-state index contributed by atoms with van der Waals surface area (Å²) in [6, 6.07) is 1.77. The molecule has 0 aliphatic carbocycles. The van der Waals surface area contributed by atoms with Gasteiger partial charge < -0.3 is 15.2 Å². The molecule has 0 amide bonds. The number of methoxy groups -OCH3 is 2. The molecule has 1 aromatic carbocycles. The second kappa shape index (κ2) is 5.79. The molecule has 0 saturated heterocycles. The Morgan fingerprint density at radius 1 is 1.22 bits per heavy atom. The molecule has 1 aromatic rings. The van der Waals surface area contributed by atoms with Crippen LogP contribution >= 0.6 is 15.9 Å². The minimum absolute atomic E-state index is 0.309. The van der Waals surface area contributed by atoms with Gasteiger partial charge in [0.25, 0.3) is 0 Å². The van der Waals surface area contributed by atoms with Crippen LogP contribution in [0.15, 0.2) is 16.6 Å². The number of rotatable bonds is 4. The summed E-state index contributed by atoms with van der Waals surface area (Å²) in [7, 11) is 2.83. The number of hydrogen-bond acceptors (Lipinski definition) is 3. The van der Waals surface area contributed by atoms with E-state index in [4.69, 9.17) is 15.2 Å². The number of alkyl halides is 3. The van der Waals surface area contributed by atoms with Crippen LogP contribution in [0.4, 0.5) is 13.2 Å². The Labute approximate surface area is 111 Å². The molecule has 1 rings (SSSR count). The first-order valence-electron chi connectivity index (χ1n) is 5.02. The summed E-state index contributed by atoms with van der Waals surface area (Å²) < 4.78 is 47.5. The van der Waals surface area contributed by atoms with Gasteiger partial charge in [0.15, 0.2) is 0 Å². The zero-order chi connectivity index (χ0) is 13.9. The Balaban J connectivity index is 3.09. The molecule has 0 aromatic heterocycles. The number of nitrogens with two attached hydrogens (primary N) is 1. The Morgan fingerprint density at radius 3 is 2.00 bits per heavy atom. The van der Waals surface area contributed by atoms with Gasteiger partial charge in [0.1, 0.15) is 16.0 Å². The minimum atomic E-state index is -4.31. The molecular formula is C11H13BrF3NO2. The maximum atomic E-state index is 12.3. The molecule has 0 spiro atoms. The van der Waals surface area contributed by atoms with E-state index in [-0.39, 0.29) is 0 Å². The van der Waals surface area contributed by atoms with Crippen LogP contribution in [-0.4, -0.2) is 20.4 Å².